The van der Waals surface area contributed by atoms with Crippen LogP contribution in [0.25, 0.3) is 21.3 Å². The van der Waals surface area contributed by atoms with Crippen LogP contribution in [0.1, 0.15) is 12.8 Å². The van der Waals surface area contributed by atoms with Crippen molar-refractivity contribution in [1.29, 1.82) is 0 Å². The second kappa shape index (κ2) is 6.03. The average Bonchev–Trinajstić information content (AvgIpc) is 3.33. The van der Waals surface area contributed by atoms with Crippen molar-refractivity contribution in [3.05, 3.63) is 48.7 Å². The van der Waals surface area contributed by atoms with Gasteiger partial charge < -0.3 is 4.74 Å². The van der Waals surface area contributed by atoms with Crippen molar-refractivity contribution >= 4 is 33.3 Å². The summed E-state index contributed by atoms with van der Waals surface area (Å²) in [6.45, 7) is 3.83. The Morgan fingerprint density at radius 1 is 1.07 bits per heavy atom. The number of anilines is 1. The molecule has 4 aliphatic heterocycles. The molecule has 4 saturated heterocycles. The zero-order chi connectivity index (χ0) is 18.7. The summed E-state index contributed by atoms with van der Waals surface area (Å²) < 4.78 is 6.02. The van der Waals surface area contributed by atoms with E-state index < -0.39 is 0 Å². The SMILES string of the molecule is O=C1O[C@]2(CN3CCC2CC3)CN1c1ccc(-c2cccc3cccnc23)s1. The van der Waals surface area contributed by atoms with Gasteiger partial charge in [-0.15, -0.1) is 11.3 Å². The third-order valence-corrected chi connectivity index (χ3v) is 7.66. The molecular formula is C22H21N3O2S. The van der Waals surface area contributed by atoms with Gasteiger partial charge in [-0.2, -0.15) is 0 Å². The minimum Gasteiger partial charge on any atom is -0.439 e. The number of ether oxygens (including phenoxy) is 1. The minimum atomic E-state index is -0.321. The number of hydrogen-bond acceptors (Lipinski definition) is 5. The molecule has 6 heteroatoms. The third kappa shape index (κ3) is 2.41. The third-order valence-electron chi connectivity index (χ3n) is 6.52. The molecule has 142 valence electrons. The molecule has 1 aromatic carbocycles. The van der Waals surface area contributed by atoms with Gasteiger partial charge >= 0.3 is 6.09 Å². The molecule has 0 N–H and O–H groups in total. The molecule has 0 radical (unpaired) electrons. The van der Waals surface area contributed by atoms with E-state index in [0.29, 0.717) is 12.5 Å². The Morgan fingerprint density at radius 3 is 2.75 bits per heavy atom. The number of rotatable bonds is 2. The van der Waals surface area contributed by atoms with Gasteiger partial charge in [0.15, 0.2) is 0 Å². The molecule has 5 nitrogen and oxygen atoms in total. The van der Waals surface area contributed by atoms with Crippen molar-refractivity contribution in [2.24, 2.45) is 5.92 Å². The molecule has 28 heavy (non-hydrogen) atoms. The molecule has 7 rings (SSSR count). The fraction of sp³-hybridized carbons (Fsp3) is 0.364. The number of para-hydroxylation sites is 1. The van der Waals surface area contributed by atoms with Gasteiger partial charge in [0.05, 0.1) is 12.1 Å². The fourth-order valence-corrected chi connectivity index (χ4v) is 6.12. The van der Waals surface area contributed by atoms with Crippen molar-refractivity contribution in [3.8, 4) is 10.4 Å². The van der Waals surface area contributed by atoms with Crippen molar-refractivity contribution in [3.63, 3.8) is 0 Å². The highest BCUT2D eigenvalue weighted by molar-refractivity contribution is 7.19. The Bertz CT molecular complexity index is 1070. The largest absolute Gasteiger partial charge is 0.439 e. The predicted molar refractivity (Wildman–Crippen MR) is 111 cm³/mol. The second-order valence-electron chi connectivity index (χ2n) is 8.09. The average molecular weight is 391 g/mol. The van der Waals surface area contributed by atoms with Gasteiger partial charge in [-0.3, -0.25) is 14.8 Å². The van der Waals surface area contributed by atoms with E-state index in [2.05, 4.69) is 40.2 Å². The summed E-state index contributed by atoms with van der Waals surface area (Å²) in [5.41, 5.74) is 1.79. The number of benzene rings is 1. The molecule has 2 bridgehead atoms. The van der Waals surface area contributed by atoms with Crippen LogP contribution < -0.4 is 4.90 Å². The molecule has 4 aliphatic rings. The van der Waals surface area contributed by atoms with E-state index in [-0.39, 0.29) is 11.7 Å². The molecule has 4 fully saturated rings. The number of fused-ring (bicyclic) bond motifs is 3. The first-order valence-corrected chi connectivity index (χ1v) is 10.7. The number of thiophene rings is 1. The molecule has 2 aromatic heterocycles. The predicted octanol–water partition coefficient (Wildman–Crippen LogP) is 4.38. The van der Waals surface area contributed by atoms with Crippen LogP contribution in [0.4, 0.5) is 9.80 Å². The van der Waals surface area contributed by atoms with E-state index in [1.807, 2.05) is 23.2 Å². The summed E-state index contributed by atoms with van der Waals surface area (Å²) in [5.74, 6) is 0.494. The number of carbonyl (C=O) groups is 1. The van der Waals surface area contributed by atoms with Crippen LogP contribution >= 0.6 is 11.3 Å². The number of nitrogens with zero attached hydrogens (tertiary/aromatic N) is 3. The molecule has 1 atom stereocenters. The normalized spacial score (nSPS) is 29.0. The summed E-state index contributed by atoms with van der Waals surface area (Å²) in [5, 5.41) is 2.09. The summed E-state index contributed by atoms with van der Waals surface area (Å²) in [7, 11) is 0. The maximum absolute atomic E-state index is 12.8. The topological polar surface area (TPSA) is 45.7 Å². The van der Waals surface area contributed by atoms with Crippen molar-refractivity contribution in [1.82, 2.24) is 9.88 Å². The number of piperidine rings is 3. The zero-order valence-electron chi connectivity index (χ0n) is 15.5. The van der Waals surface area contributed by atoms with E-state index >= 15 is 0 Å². The summed E-state index contributed by atoms with van der Waals surface area (Å²) in [6.07, 6.45) is 3.91. The first-order valence-electron chi connectivity index (χ1n) is 9.89. The first-order chi connectivity index (χ1) is 13.7. The molecule has 0 unspecified atom stereocenters. The summed E-state index contributed by atoms with van der Waals surface area (Å²) in [6, 6.07) is 14.4. The quantitative estimate of drug-likeness (QED) is 0.650. The molecule has 6 heterocycles. The van der Waals surface area contributed by atoms with Gasteiger partial charge in [0.1, 0.15) is 10.6 Å². The lowest BCUT2D eigenvalue weighted by atomic mass is 9.75. The van der Waals surface area contributed by atoms with E-state index in [1.54, 1.807) is 11.3 Å². The van der Waals surface area contributed by atoms with Gasteiger partial charge in [0, 0.05) is 34.5 Å². The number of aromatic nitrogens is 1. The van der Waals surface area contributed by atoms with Crippen molar-refractivity contribution in [2.75, 3.05) is 31.1 Å². The molecule has 1 amide bonds. The Labute approximate surface area is 167 Å². The minimum absolute atomic E-state index is 0.196. The standard InChI is InChI=1S/C22H21N3O2S/c26-21-25(14-22(27-21)13-24-11-8-16(22)9-12-24)19-7-6-18(28-19)17-5-1-3-15-4-2-10-23-20(15)17/h1-7,10,16H,8-9,11-14H2/t22-/m1/s1. The van der Waals surface area contributed by atoms with Gasteiger partial charge in [0.25, 0.3) is 0 Å². The van der Waals surface area contributed by atoms with Crippen LogP contribution in [0.15, 0.2) is 48.7 Å². The van der Waals surface area contributed by atoms with Gasteiger partial charge in [0.2, 0.25) is 0 Å². The first kappa shape index (κ1) is 16.5. The van der Waals surface area contributed by atoms with Crippen LogP contribution in [0.5, 0.6) is 0 Å². The molecular weight excluding hydrogens is 370 g/mol. The van der Waals surface area contributed by atoms with Gasteiger partial charge in [-0.1, -0.05) is 24.3 Å². The van der Waals surface area contributed by atoms with E-state index in [9.17, 15) is 4.79 Å². The van der Waals surface area contributed by atoms with E-state index in [0.717, 1.165) is 58.8 Å². The zero-order valence-corrected chi connectivity index (χ0v) is 16.3. The van der Waals surface area contributed by atoms with Crippen LogP contribution in [0, 0.1) is 5.92 Å². The molecule has 3 aromatic rings. The van der Waals surface area contributed by atoms with Crippen LogP contribution in [-0.4, -0.2) is 47.8 Å². The summed E-state index contributed by atoms with van der Waals surface area (Å²) in [4.78, 5) is 22.7. The van der Waals surface area contributed by atoms with Gasteiger partial charge in [-0.25, -0.2) is 4.79 Å². The maximum atomic E-state index is 12.8. The Kier molecular flexibility index (Phi) is 3.55. The van der Waals surface area contributed by atoms with Crippen LogP contribution in [0.3, 0.4) is 0 Å². The molecule has 1 spiro atoms. The second-order valence-corrected chi connectivity index (χ2v) is 9.15. The highest BCUT2D eigenvalue weighted by Gasteiger charge is 2.55. The lowest BCUT2D eigenvalue weighted by molar-refractivity contribution is -0.0881. The molecule has 0 aliphatic carbocycles. The number of carbonyl (C=O) groups excluding carboxylic acids is 1. The van der Waals surface area contributed by atoms with E-state index in [4.69, 9.17) is 4.74 Å². The smallest absolute Gasteiger partial charge is 0.415 e. The van der Waals surface area contributed by atoms with Gasteiger partial charge in [-0.05, 0) is 44.1 Å². The Hall–Kier alpha value is -2.44. The summed E-state index contributed by atoms with van der Waals surface area (Å²) >= 11 is 1.64. The van der Waals surface area contributed by atoms with Crippen molar-refractivity contribution in [2.45, 2.75) is 18.4 Å². The number of amides is 1. The molecule has 0 saturated carbocycles. The number of hydrogen-bond donors (Lipinski definition) is 0. The van der Waals surface area contributed by atoms with Crippen molar-refractivity contribution < 1.29 is 9.53 Å². The van der Waals surface area contributed by atoms with Crippen LogP contribution in [-0.2, 0) is 4.74 Å². The lowest BCUT2D eigenvalue weighted by Gasteiger charge is -2.49. The monoisotopic (exact) mass is 391 g/mol. The fourth-order valence-electron chi connectivity index (χ4n) is 5.10. The lowest BCUT2D eigenvalue weighted by Crippen LogP contribution is -2.61. The number of pyridine rings is 1. The highest BCUT2D eigenvalue weighted by atomic mass is 32.1. The Balaban J connectivity index is 1.33. The Morgan fingerprint density at radius 2 is 1.93 bits per heavy atom. The maximum Gasteiger partial charge on any atom is 0.415 e. The highest BCUT2D eigenvalue weighted by Crippen LogP contribution is 2.45. The van der Waals surface area contributed by atoms with Crippen LogP contribution in [0.2, 0.25) is 0 Å². The van der Waals surface area contributed by atoms with E-state index in [1.165, 1.54) is 0 Å².